The molecule has 0 aromatic heterocycles. The van der Waals surface area contributed by atoms with Crippen LogP contribution in [-0.2, 0) is 27.2 Å². The highest BCUT2D eigenvalue weighted by Crippen LogP contribution is 2.57. The average Bonchev–Trinajstić information content (AvgIpc) is 2.30. The zero-order chi connectivity index (χ0) is 19.1. The second kappa shape index (κ2) is 6.98. The molecule has 0 unspecified atom stereocenters. The van der Waals surface area contributed by atoms with E-state index in [9.17, 15) is 4.57 Å². The Kier molecular flexibility index (Phi) is 6.41. The molecule has 1 aromatic rings. The lowest BCUT2D eigenvalue weighted by Gasteiger charge is -2.33. The third kappa shape index (κ3) is 6.08. The van der Waals surface area contributed by atoms with Crippen molar-refractivity contribution in [3.63, 3.8) is 0 Å². The Morgan fingerprint density at radius 3 is 1.42 bits per heavy atom. The molecule has 0 saturated heterocycles. The molecule has 24 heavy (non-hydrogen) atoms. The third-order valence-electron chi connectivity index (χ3n) is 4.35. The number of halogens is 2. The van der Waals surface area contributed by atoms with E-state index >= 15 is 0 Å². The quantitative estimate of drug-likeness (QED) is 0.481. The van der Waals surface area contributed by atoms with Gasteiger partial charge in [-0.15, -0.1) is 0 Å². The van der Waals surface area contributed by atoms with Crippen molar-refractivity contribution in [2.24, 2.45) is 0 Å². The second-order valence-electron chi connectivity index (χ2n) is 9.84. The van der Waals surface area contributed by atoms with Gasteiger partial charge in [0.15, 0.2) is 0 Å². The summed E-state index contributed by atoms with van der Waals surface area (Å²) >= 11 is 11.7. The summed E-state index contributed by atoms with van der Waals surface area (Å²) < 4.78 is 11.9. The first-order valence-electron chi connectivity index (χ1n) is 8.60. The molecule has 0 amide bonds. The Hall–Kier alpha value is 0.0300. The van der Waals surface area contributed by atoms with Crippen LogP contribution < -0.4 is 0 Å². The molecule has 1 aromatic carbocycles. The van der Waals surface area contributed by atoms with E-state index in [1.165, 1.54) is 22.3 Å². The normalized spacial score (nSPS) is 14.1. The topological polar surface area (TPSA) is 17.1 Å². The van der Waals surface area contributed by atoms with Crippen LogP contribution in [0, 0.1) is 0 Å². The average molecular weight is 391 g/mol. The maximum absolute atomic E-state index is 11.9. The molecule has 0 heterocycles. The van der Waals surface area contributed by atoms with Crippen molar-refractivity contribution < 1.29 is 4.57 Å². The third-order valence-corrected chi connectivity index (χ3v) is 6.11. The Bertz CT molecular complexity index is 602. The van der Waals surface area contributed by atoms with E-state index in [0.717, 1.165) is 0 Å². The van der Waals surface area contributed by atoms with Crippen molar-refractivity contribution in [1.82, 2.24) is 0 Å². The van der Waals surface area contributed by atoms with Gasteiger partial charge in [-0.1, -0.05) is 74.4 Å². The van der Waals surface area contributed by atoms with E-state index in [0.29, 0.717) is 12.6 Å². The lowest BCUT2D eigenvalue weighted by Crippen LogP contribution is -2.24. The van der Waals surface area contributed by atoms with Gasteiger partial charge in [0.05, 0.1) is 0 Å². The van der Waals surface area contributed by atoms with Gasteiger partial charge in [-0.25, -0.2) is 0 Å². The van der Waals surface area contributed by atoms with Gasteiger partial charge in [-0.3, -0.25) is 4.57 Å². The Labute approximate surface area is 158 Å². The van der Waals surface area contributed by atoms with E-state index < -0.39 is 5.85 Å². The Balaban J connectivity index is 3.71. The van der Waals surface area contributed by atoms with Crippen LogP contribution in [0.5, 0.6) is 0 Å². The molecule has 0 N–H and O–H groups in total. The summed E-state index contributed by atoms with van der Waals surface area (Å²) in [4.78, 5) is 0. The first-order chi connectivity index (χ1) is 10.4. The van der Waals surface area contributed by atoms with Crippen molar-refractivity contribution in [3.8, 4) is 0 Å². The second-order valence-corrected chi connectivity index (χ2v) is 15.2. The molecular weight excluding hydrogens is 358 g/mol. The monoisotopic (exact) mass is 390 g/mol. The van der Waals surface area contributed by atoms with Gasteiger partial charge >= 0.3 is 0 Å². The lowest BCUT2D eigenvalue weighted by atomic mass is 9.72. The molecule has 1 rings (SSSR count). The standard InChI is InChI=1S/C20H33Cl2OP/c1-18(2,3)14-12-16(19(4,5)6)15(10-11-24(21,22)23)17(13-14)20(7,8)9/h12-13H,10-11H2,1-9H3. The fourth-order valence-electron chi connectivity index (χ4n) is 2.95. The van der Waals surface area contributed by atoms with E-state index in [-0.39, 0.29) is 16.2 Å². The molecule has 0 fully saturated rings. The van der Waals surface area contributed by atoms with Crippen LogP contribution in [0.4, 0.5) is 0 Å². The van der Waals surface area contributed by atoms with Crippen molar-refractivity contribution in [3.05, 3.63) is 34.4 Å². The number of benzene rings is 1. The minimum atomic E-state index is -3.08. The van der Waals surface area contributed by atoms with Crippen molar-refractivity contribution >= 4 is 28.3 Å². The van der Waals surface area contributed by atoms with Gasteiger partial charge < -0.3 is 0 Å². The van der Waals surface area contributed by atoms with Crippen molar-refractivity contribution in [2.45, 2.75) is 85.0 Å². The van der Waals surface area contributed by atoms with E-state index in [1.807, 2.05) is 0 Å². The largest absolute Gasteiger partial charge is 0.289 e. The number of hydrogen-bond donors (Lipinski definition) is 0. The van der Waals surface area contributed by atoms with Crippen LogP contribution in [0.25, 0.3) is 0 Å². The predicted molar refractivity (Wildman–Crippen MR) is 110 cm³/mol. The molecule has 0 radical (unpaired) electrons. The SMILES string of the molecule is CC(C)(C)c1cc(C(C)(C)C)c(CCP(=O)(Cl)Cl)c(C(C)(C)C)c1. The molecule has 0 spiro atoms. The first kappa shape index (κ1) is 22.1. The molecule has 0 saturated carbocycles. The molecular formula is C20H33Cl2OP. The predicted octanol–water partition coefficient (Wildman–Crippen LogP) is 7.79. The summed E-state index contributed by atoms with van der Waals surface area (Å²) in [5.41, 5.74) is 5.28. The molecule has 0 bridgehead atoms. The molecule has 1 nitrogen and oxygen atoms in total. The van der Waals surface area contributed by atoms with Gasteiger partial charge in [0.25, 0.3) is 5.85 Å². The summed E-state index contributed by atoms with van der Waals surface area (Å²) in [6.45, 7) is 20.1. The lowest BCUT2D eigenvalue weighted by molar-refractivity contribution is 0.538. The summed E-state index contributed by atoms with van der Waals surface area (Å²) in [7, 11) is 0. The first-order valence-corrected chi connectivity index (χ1v) is 12.3. The van der Waals surface area contributed by atoms with Gasteiger partial charge in [0, 0.05) is 6.16 Å². The van der Waals surface area contributed by atoms with Crippen LogP contribution in [-0.4, -0.2) is 6.16 Å². The zero-order valence-electron chi connectivity index (χ0n) is 16.7. The Morgan fingerprint density at radius 1 is 0.792 bits per heavy atom. The molecule has 0 aliphatic rings. The molecule has 0 atom stereocenters. The zero-order valence-corrected chi connectivity index (χ0v) is 19.1. The summed E-state index contributed by atoms with van der Waals surface area (Å²) in [5.74, 6) is -3.08. The molecule has 4 heteroatoms. The summed E-state index contributed by atoms with van der Waals surface area (Å²) in [6.07, 6.45) is 0.963. The van der Waals surface area contributed by atoms with Crippen LogP contribution in [0.1, 0.15) is 84.6 Å². The van der Waals surface area contributed by atoms with Crippen LogP contribution >= 0.6 is 28.3 Å². The van der Waals surface area contributed by atoms with Crippen molar-refractivity contribution in [1.29, 1.82) is 0 Å². The van der Waals surface area contributed by atoms with E-state index in [2.05, 4.69) is 74.4 Å². The van der Waals surface area contributed by atoms with E-state index in [1.54, 1.807) is 0 Å². The number of rotatable bonds is 3. The molecule has 138 valence electrons. The van der Waals surface area contributed by atoms with Crippen molar-refractivity contribution in [2.75, 3.05) is 6.16 Å². The fraction of sp³-hybridized carbons (Fsp3) is 0.700. The minimum absolute atomic E-state index is 0.000786. The molecule has 0 aliphatic heterocycles. The summed E-state index contributed by atoms with van der Waals surface area (Å²) in [6, 6.07) is 4.63. The fourth-order valence-corrected chi connectivity index (χ4v) is 3.95. The highest BCUT2D eigenvalue weighted by Gasteiger charge is 2.29. The van der Waals surface area contributed by atoms with Crippen LogP contribution in [0.3, 0.4) is 0 Å². The van der Waals surface area contributed by atoms with Gasteiger partial charge in [0.2, 0.25) is 0 Å². The highest BCUT2D eigenvalue weighted by molar-refractivity contribution is 8.08. The smallest absolute Gasteiger partial charge is 0.253 e. The maximum atomic E-state index is 11.9. The van der Waals surface area contributed by atoms with Gasteiger partial charge in [-0.2, -0.15) is 0 Å². The van der Waals surface area contributed by atoms with Gasteiger partial charge in [-0.05, 0) is 67.4 Å². The van der Waals surface area contributed by atoms with E-state index in [4.69, 9.17) is 22.5 Å². The van der Waals surface area contributed by atoms with Crippen LogP contribution in [0.15, 0.2) is 12.1 Å². The van der Waals surface area contributed by atoms with Crippen LogP contribution in [0.2, 0.25) is 0 Å². The number of hydrogen-bond acceptors (Lipinski definition) is 1. The minimum Gasteiger partial charge on any atom is -0.289 e. The highest BCUT2D eigenvalue weighted by atomic mass is 35.9. The summed E-state index contributed by atoms with van der Waals surface area (Å²) in [5, 5.41) is 0. The molecule has 0 aliphatic carbocycles. The Morgan fingerprint density at radius 2 is 1.17 bits per heavy atom. The maximum Gasteiger partial charge on any atom is 0.253 e. The van der Waals surface area contributed by atoms with Gasteiger partial charge in [0.1, 0.15) is 0 Å².